The number of amides is 2. The van der Waals surface area contributed by atoms with Crippen LogP contribution in [0.25, 0.3) is 0 Å². The van der Waals surface area contributed by atoms with Gasteiger partial charge in [0.05, 0.1) is 23.9 Å². The summed E-state index contributed by atoms with van der Waals surface area (Å²) in [6.07, 6.45) is 3.21. The van der Waals surface area contributed by atoms with Crippen molar-refractivity contribution in [3.05, 3.63) is 29.8 Å². The SMILES string of the molecule is O=C(CN1CCC(O)CC1)Nc1ccccc1C(=O)NC1CC1. The number of hydrogen-bond donors (Lipinski definition) is 3. The van der Waals surface area contributed by atoms with Crippen LogP contribution in [-0.2, 0) is 4.79 Å². The summed E-state index contributed by atoms with van der Waals surface area (Å²) in [5.74, 6) is -0.266. The molecule has 1 saturated carbocycles. The number of aliphatic hydroxyl groups is 1. The van der Waals surface area contributed by atoms with E-state index in [0.717, 1.165) is 25.9 Å². The lowest BCUT2D eigenvalue weighted by Gasteiger charge is -2.28. The highest BCUT2D eigenvalue weighted by molar-refractivity contribution is 6.04. The molecule has 2 aliphatic rings. The van der Waals surface area contributed by atoms with E-state index in [0.29, 0.717) is 24.1 Å². The Balaban J connectivity index is 1.58. The van der Waals surface area contributed by atoms with Gasteiger partial charge in [0.15, 0.2) is 0 Å². The highest BCUT2D eigenvalue weighted by Gasteiger charge is 2.25. The molecule has 0 aromatic heterocycles. The Hall–Kier alpha value is -1.92. The molecule has 0 atom stereocenters. The smallest absolute Gasteiger partial charge is 0.253 e. The van der Waals surface area contributed by atoms with Crippen LogP contribution in [-0.4, -0.2) is 53.6 Å². The average molecular weight is 317 g/mol. The second-order valence-corrected chi connectivity index (χ2v) is 6.35. The molecular formula is C17H23N3O3. The Morgan fingerprint density at radius 1 is 1.13 bits per heavy atom. The summed E-state index contributed by atoms with van der Waals surface area (Å²) in [6.45, 7) is 1.72. The van der Waals surface area contributed by atoms with Gasteiger partial charge in [0.1, 0.15) is 0 Å². The van der Waals surface area contributed by atoms with Crippen LogP contribution in [0, 0.1) is 0 Å². The number of anilines is 1. The lowest BCUT2D eigenvalue weighted by Crippen LogP contribution is -2.40. The third-order valence-electron chi connectivity index (χ3n) is 4.28. The first-order valence-electron chi connectivity index (χ1n) is 8.22. The van der Waals surface area contributed by atoms with Gasteiger partial charge in [-0.3, -0.25) is 14.5 Å². The molecule has 1 saturated heterocycles. The number of nitrogens with one attached hydrogen (secondary N) is 2. The summed E-state index contributed by atoms with van der Waals surface area (Å²) in [5.41, 5.74) is 1.05. The summed E-state index contributed by atoms with van der Waals surface area (Å²) < 4.78 is 0. The Morgan fingerprint density at radius 3 is 2.52 bits per heavy atom. The van der Waals surface area contributed by atoms with Gasteiger partial charge in [0.2, 0.25) is 5.91 Å². The Bertz CT molecular complexity index is 578. The van der Waals surface area contributed by atoms with Crippen LogP contribution in [0.2, 0.25) is 0 Å². The first kappa shape index (κ1) is 16.0. The molecule has 23 heavy (non-hydrogen) atoms. The number of carbonyl (C=O) groups is 2. The normalized spacial score (nSPS) is 19.3. The molecule has 1 heterocycles. The number of nitrogens with zero attached hydrogens (tertiary/aromatic N) is 1. The number of hydrogen-bond acceptors (Lipinski definition) is 4. The van der Waals surface area contributed by atoms with Crippen molar-refractivity contribution in [3.8, 4) is 0 Å². The highest BCUT2D eigenvalue weighted by atomic mass is 16.3. The maximum Gasteiger partial charge on any atom is 0.253 e. The summed E-state index contributed by atoms with van der Waals surface area (Å²) in [6, 6.07) is 7.36. The van der Waals surface area contributed by atoms with Crippen LogP contribution >= 0.6 is 0 Å². The van der Waals surface area contributed by atoms with E-state index >= 15 is 0 Å². The van der Waals surface area contributed by atoms with Crippen LogP contribution < -0.4 is 10.6 Å². The minimum Gasteiger partial charge on any atom is -0.393 e. The standard InChI is InChI=1S/C17H23N3O3/c21-13-7-9-20(10-8-13)11-16(22)19-15-4-2-1-3-14(15)17(23)18-12-5-6-12/h1-4,12-13,21H,5-11H2,(H,18,23)(H,19,22). The van der Waals surface area contributed by atoms with Crippen molar-refractivity contribution in [1.82, 2.24) is 10.2 Å². The molecule has 2 amide bonds. The molecule has 0 bridgehead atoms. The van der Waals surface area contributed by atoms with E-state index in [2.05, 4.69) is 10.6 Å². The zero-order valence-electron chi connectivity index (χ0n) is 13.1. The zero-order valence-corrected chi connectivity index (χ0v) is 13.1. The van der Waals surface area contributed by atoms with Crippen LogP contribution in [0.5, 0.6) is 0 Å². The molecule has 0 unspecified atom stereocenters. The van der Waals surface area contributed by atoms with E-state index < -0.39 is 0 Å². The largest absolute Gasteiger partial charge is 0.393 e. The molecule has 6 heteroatoms. The van der Waals surface area contributed by atoms with Crippen LogP contribution in [0.15, 0.2) is 24.3 Å². The fraction of sp³-hybridized carbons (Fsp3) is 0.529. The first-order valence-corrected chi connectivity index (χ1v) is 8.22. The molecule has 3 rings (SSSR count). The van der Waals surface area contributed by atoms with Gasteiger partial charge in [0, 0.05) is 19.1 Å². The van der Waals surface area contributed by atoms with Gasteiger partial charge in [0.25, 0.3) is 5.91 Å². The minimum absolute atomic E-state index is 0.131. The molecular weight excluding hydrogens is 294 g/mol. The van der Waals surface area contributed by atoms with E-state index in [-0.39, 0.29) is 30.5 Å². The van der Waals surface area contributed by atoms with Crippen molar-refractivity contribution < 1.29 is 14.7 Å². The third-order valence-corrected chi connectivity index (χ3v) is 4.28. The van der Waals surface area contributed by atoms with Crippen molar-refractivity contribution in [1.29, 1.82) is 0 Å². The molecule has 0 radical (unpaired) electrons. The number of para-hydroxylation sites is 1. The highest BCUT2D eigenvalue weighted by Crippen LogP contribution is 2.21. The summed E-state index contributed by atoms with van der Waals surface area (Å²) in [4.78, 5) is 26.5. The number of carbonyl (C=O) groups excluding carboxylic acids is 2. The fourth-order valence-electron chi connectivity index (χ4n) is 2.75. The monoisotopic (exact) mass is 317 g/mol. The number of rotatable bonds is 5. The summed E-state index contributed by atoms with van der Waals surface area (Å²) >= 11 is 0. The van der Waals surface area contributed by atoms with Gasteiger partial charge in [-0.2, -0.15) is 0 Å². The van der Waals surface area contributed by atoms with E-state index in [1.807, 2.05) is 4.90 Å². The second-order valence-electron chi connectivity index (χ2n) is 6.35. The Labute approximate surface area is 135 Å². The van der Waals surface area contributed by atoms with Crippen molar-refractivity contribution >= 4 is 17.5 Å². The van der Waals surface area contributed by atoms with Gasteiger partial charge >= 0.3 is 0 Å². The average Bonchev–Trinajstić information content (AvgIpc) is 3.34. The van der Waals surface area contributed by atoms with Crippen molar-refractivity contribution in [2.24, 2.45) is 0 Å². The molecule has 0 spiro atoms. The summed E-state index contributed by atoms with van der Waals surface area (Å²) in [7, 11) is 0. The van der Waals surface area contributed by atoms with Gasteiger partial charge in [-0.1, -0.05) is 12.1 Å². The lowest BCUT2D eigenvalue weighted by molar-refractivity contribution is -0.117. The Morgan fingerprint density at radius 2 is 1.83 bits per heavy atom. The van der Waals surface area contributed by atoms with Crippen molar-refractivity contribution in [2.75, 3.05) is 25.0 Å². The molecule has 1 aliphatic carbocycles. The third kappa shape index (κ3) is 4.53. The fourth-order valence-corrected chi connectivity index (χ4v) is 2.75. The van der Waals surface area contributed by atoms with Gasteiger partial charge in [-0.25, -0.2) is 0 Å². The van der Waals surface area contributed by atoms with Crippen LogP contribution in [0.3, 0.4) is 0 Å². The molecule has 1 aromatic carbocycles. The van der Waals surface area contributed by atoms with Gasteiger partial charge in [-0.05, 0) is 37.8 Å². The van der Waals surface area contributed by atoms with Crippen LogP contribution in [0.4, 0.5) is 5.69 Å². The first-order chi connectivity index (χ1) is 11.1. The number of benzene rings is 1. The lowest BCUT2D eigenvalue weighted by atomic mass is 10.1. The molecule has 1 aliphatic heterocycles. The second kappa shape index (κ2) is 7.10. The zero-order chi connectivity index (χ0) is 16.2. The maximum atomic E-state index is 12.2. The van der Waals surface area contributed by atoms with E-state index in [1.165, 1.54) is 0 Å². The topological polar surface area (TPSA) is 81.7 Å². The number of piperidine rings is 1. The van der Waals surface area contributed by atoms with E-state index in [9.17, 15) is 14.7 Å². The Kier molecular flexibility index (Phi) is 4.93. The number of likely N-dealkylation sites (tertiary alicyclic amines) is 1. The van der Waals surface area contributed by atoms with Gasteiger partial charge < -0.3 is 15.7 Å². The van der Waals surface area contributed by atoms with E-state index in [1.54, 1.807) is 24.3 Å². The predicted molar refractivity (Wildman–Crippen MR) is 87.2 cm³/mol. The van der Waals surface area contributed by atoms with Crippen molar-refractivity contribution in [3.63, 3.8) is 0 Å². The molecule has 1 aromatic rings. The van der Waals surface area contributed by atoms with E-state index in [4.69, 9.17) is 0 Å². The molecule has 124 valence electrons. The molecule has 2 fully saturated rings. The van der Waals surface area contributed by atoms with Gasteiger partial charge in [-0.15, -0.1) is 0 Å². The molecule has 6 nitrogen and oxygen atoms in total. The maximum absolute atomic E-state index is 12.2. The van der Waals surface area contributed by atoms with Crippen LogP contribution in [0.1, 0.15) is 36.0 Å². The summed E-state index contributed by atoms with van der Waals surface area (Å²) in [5, 5.41) is 15.3. The van der Waals surface area contributed by atoms with Crippen molar-refractivity contribution in [2.45, 2.75) is 37.8 Å². The quantitative estimate of drug-likeness (QED) is 0.756. The minimum atomic E-state index is -0.249. The molecule has 3 N–H and O–H groups in total. The number of aliphatic hydroxyl groups excluding tert-OH is 1. The predicted octanol–water partition coefficient (Wildman–Crippen LogP) is 0.974.